The molecule has 0 spiro atoms. The fourth-order valence-corrected chi connectivity index (χ4v) is 3.06. The quantitative estimate of drug-likeness (QED) is 0.802. The van der Waals surface area contributed by atoms with Gasteiger partial charge in [0.15, 0.2) is 0 Å². The van der Waals surface area contributed by atoms with Crippen molar-refractivity contribution in [3.63, 3.8) is 0 Å². The summed E-state index contributed by atoms with van der Waals surface area (Å²) in [6.45, 7) is 11.8. The molecular formula is C21H29N3O3. The Kier molecular flexibility index (Phi) is 6.77. The molecule has 0 atom stereocenters. The zero-order valence-corrected chi connectivity index (χ0v) is 16.5. The standard InChI is InChI=1S/C21H29N3O3/c1-5-18(25)22-15-17-9-7-6-8-16(17)14-19(26)23-10-12-24(13-11-23)20(27)21(2,3)4/h5-9H,1,10-15H2,2-4H3,(H,22,25). The highest BCUT2D eigenvalue weighted by Crippen LogP contribution is 2.19. The Morgan fingerprint density at radius 2 is 1.59 bits per heavy atom. The smallest absolute Gasteiger partial charge is 0.243 e. The van der Waals surface area contributed by atoms with Crippen LogP contribution in [-0.4, -0.2) is 53.7 Å². The molecule has 1 heterocycles. The topological polar surface area (TPSA) is 69.7 Å². The van der Waals surface area contributed by atoms with E-state index in [9.17, 15) is 14.4 Å². The zero-order chi connectivity index (χ0) is 20.0. The Hall–Kier alpha value is -2.63. The summed E-state index contributed by atoms with van der Waals surface area (Å²) in [5.74, 6) is -0.0750. The molecule has 0 aromatic heterocycles. The van der Waals surface area contributed by atoms with Gasteiger partial charge in [-0.2, -0.15) is 0 Å². The van der Waals surface area contributed by atoms with Crippen molar-refractivity contribution in [2.24, 2.45) is 5.41 Å². The minimum Gasteiger partial charge on any atom is -0.348 e. The van der Waals surface area contributed by atoms with Gasteiger partial charge in [-0.25, -0.2) is 0 Å². The molecule has 1 aromatic rings. The largest absolute Gasteiger partial charge is 0.348 e. The lowest BCUT2D eigenvalue weighted by Crippen LogP contribution is -2.53. The number of nitrogens with one attached hydrogen (secondary N) is 1. The first-order valence-electron chi connectivity index (χ1n) is 9.26. The van der Waals surface area contributed by atoms with E-state index in [1.54, 1.807) is 0 Å². The molecule has 2 rings (SSSR count). The van der Waals surface area contributed by atoms with Crippen molar-refractivity contribution in [1.29, 1.82) is 0 Å². The van der Waals surface area contributed by atoms with E-state index in [0.29, 0.717) is 32.7 Å². The molecule has 1 fully saturated rings. The van der Waals surface area contributed by atoms with Crippen molar-refractivity contribution in [1.82, 2.24) is 15.1 Å². The highest BCUT2D eigenvalue weighted by molar-refractivity contribution is 5.87. The number of nitrogens with zero attached hydrogens (tertiary/aromatic N) is 2. The second-order valence-corrected chi connectivity index (χ2v) is 7.79. The number of carbonyl (C=O) groups is 3. The maximum atomic E-state index is 12.7. The van der Waals surface area contributed by atoms with Crippen molar-refractivity contribution in [2.45, 2.75) is 33.7 Å². The minimum atomic E-state index is -0.402. The minimum absolute atomic E-state index is 0.0420. The first kappa shape index (κ1) is 20.7. The summed E-state index contributed by atoms with van der Waals surface area (Å²) in [6, 6.07) is 7.60. The summed E-state index contributed by atoms with van der Waals surface area (Å²) >= 11 is 0. The molecule has 1 aliphatic rings. The van der Waals surface area contributed by atoms with Gasteiger partial charge in [0.25, 0.3) is 0 Å². The zero-order valence-electron chi connectivity index (χ0n) is 16.5. The van der Waals surface area contributed by atoms with E-state index in [4.69, 9.17) is 0 Å². The van der Waals surface area contributed by atoms with E-state index in [1.165, 1.54) is 6.08 Å². The Labute approximate surface area is 161 Å². The highest BCUT2D eigenvalue weighted by atomic mass is 16.2. The van der Waals surface area contributed by atoms with Crippen LogP contribution in [0.1, 0.15) is 31.9 Å². The number of piperazine rings is 1. The first-order chi connectivity index (χ1) is 12.7. The Morgan fingerprint density at radius 1 is 1.04 bits per heavy atom. The molecule has 27 heavy (non-hydrogen) atoms. The predicted molar refractivity (Wildman–Crippen MR) is 105 cm³/mol. The Bertz CT molecular complexity index is 714. The van der Waals surface area contributed by atoms with Crippen molar-refractivity contribution in [3.05, 3.63) is 48.0 Å². The SMILES string of the molecule is C=CC(=O)NCc1ccccc1CC(=O)N1CCN(C(=O)C(C)(C)C)CC1. The van der Waals surface area contributed by atoms with E-state index >= 15 is 0 Å². The summed E-state index contributed by atoms with van der Waals surface area (Å²) < 4.78 is 0. The van der Waals surface area contributed by atoms with Crippen LogP contribution in [0.15, 0.2) is 36.9 Å². The lowest BCUT2D eigenvalue weighted by molar-refractivity contribution is -0.144. The highest BCUT2D eigenvalue weighted by Gasteiger charge is 2.30. The van der Waals surface area contributed by atoms with Crippen LogP contribution < -0.4 is 5.32 Å². The predicted octanol–water partition coefficient (Wildman–Crippen LogP) is 1.75. The first-order valence-corrected chi connectivity index (χ1v) is 9.26. The van der Waals surface area contributed by atoms with Gasteiger partial charge in [0.2, 0.25) is 17.7 Å². The fourth-order valence-electron chi connectivity index (χ4n) is 3.06. The third-order valence-corrected chi connectivity index (χ3v) is 4.66. The van der Waals surface area contributed by atoms with Crippen LogP contribution >= 0.6 is 0 Å². The molecule has 0 radical (unpaired) electrons. The van der Waals surface area contributed by atoms with E-state index in [2.05, 4.69) is 11.9 Å². The van der Waals surface area contributed by atoms with Crippen molar-refractivity contribution in [3.8, 4) is 0 Å². The number of rotatable bonds is 5. The van der Waals surface area contributed by atoms with Crippen LogP contribution in [0.25, 0.3) is 0 Å². The average molecular weight is 371 g/mol. The van der Waals surface area contributed by atoms with Crippen LogP contribution in [0.2, 0.25) is 0 Å². The van der Waals surface area contributed by atoms with Gasteiger partial charge in [0.05, 0.1) is 6.42 Å². The molecule has 0 saturated carbocycles. The van der Waals surface area contributed by atoms with Crippen molar-refractivity contribution >= 4 is 17.7 Å². The number of hydrogen-bond acceptors (Lipinski definition) is 3. The van der Waals surface area contributed by atoms with Crippen LogP contribution in [-0.2, 0) is 27.3 Å². The van der Waals surface area contributed by atoms with Gasteiger partial charge in [0, 0.05) is 38.1 Å². The van der Waals surface area contributed by atoms with Gasteiger partial charge < -0.3 is 15.1 Å². The molecule has 1 aromatic carbocycles. The second-order valence-electron chi connectivity index (χ2n) is 7.79. The van der Waals surface area contributed by atoms with Crippen molar-refractivity contribution < 1.29 is 14.4 Å². The van der Waals surface area contributed by atoms with Crippen LogP contribution in [0.3, 0.4) is 0 Å². The summed E-state index contributed by atoms with van der Waals surface area (Å²) in [5, 5.41) is 2.75. The molecule has 0 aliphatic carbocycles. The van der Waals surface area contributed by atoms with E-state index in [1.807, 2.05) is 54.8 Å². The van der Waals surface area contributed by atoms with E-state index in [0.717, 1.165) is 11.1 Å². The molecule has 0 bridgehead atoms. The molecule has 6 heteroatoms. The number of amides is 3. The van der Waals surface area contributed by atoms with Gasteiger partial charge in [0.1, 0.15) is 0 Å². The normalized spacial score (nSPS) is 14.6. The number of hydrogen-bond donors (Lipinski definition) is 1. The summed E-state index contributed by atoms with van der Waals surface area (Å²) in [7, 11) is 0. The van der Waals surface area contributed by atoms with E-state index < -0.39 is 5.41 Å². The van der Waals surface area contributed by atoms with Crippen LogP contribution in [0, 0.1) is 5.41 Å². The van der Waals surface area contributed by atoms with Crippen LogP contribution in [0.4, 0.5) is 0 Å². The molecule has 6 nitrogen and oxygen atoms in total. The van der Waals surface area contributed by atoms with Gasteiger partial charge in [-0.3, -0.25) is 14.4 Å². The third kappa shape index (κ3) is 5.67. The average Bonchev–Trinajstić information content (AvgIpc) is 2.65. The molecule has 1 saturated heterocycles. The summed E-state index contributed by atoms with van der Waals surface area (Å²) in [4.78, 5) is 40.1. The molecular weight excluding hydrogens is 342 g/mol. The molecule has 3 amide bonds. The van der Waals surface area contributed by atoms with Gasteiger partial charge in [-0.05, 0) is 17.2 Å². The van der Waals surface area contributed by atoms with Gasteiger partial charge in [-0.1, -0.05) is 51.6 Å². The molecule has 146 valence electrons. The van der Waals surface area contributed by atoms with E-state index in [-0.39, 0.29) is 24.1 Å². The van der Waals surface area contributed by atoms with Gasteiger partial charge in [-0.15, -0.1) is 0 Å². The number of benzene rings is 1. The fraction of sp³-hybridized carbons (Fsp3) is 0.476. The molecule has 1 aliphatic heterocycles. The number of carbonyl (C=O) groups excluding carboxylic acids is 3. The second kappa shape index (κ2) is 8.84. The summed E-state index contributed by atoms with van der Waals surface area (Å²) in [6.07, 6.45) is 1.51. The summed E-state index contributed by atoms with van der Waals surface area (Å²) in [5.41, 5.74) is 1.42. The van der Waals surface area contributed by atoms with Crippen molar-refractivity contribution in [2.75, 3.05) is 26.2 Å². The maximum absolute atomic E-state index is 12.7. The Balaban J connectivity index is 1.94. The monoisotopic (exact) mass is 371 g/mol. The van der Waals surface area contributed by atoms with Gasteiger partial charge >= 0.3 is 0 Å². The third-order valence-electron chi connectivity index (χ3n) is 4.66. The molecule has 0 unspecified atom stereocenters. The lowest BCUT2D eigenvalue weighted by Gasteiger charge is -2.37. The lowest BCUT2D eigenvalue weighted by atomic mass is 9.94. The molecule has 1 N–H and O–H groups in total. The maximum Gasteiger partial charge on any atom is 0.243 e. The van der Waals surface area contributed by atoms with Crippen LogP contribution in [0.5, 0.6) is 0 Å². The Morgan fingerprint density at radius 3 is 2.15 bits per heavy atom.